The minimum Gasteiger partial charge on any atom is -0.388 e. The largest absolute Gasteiger partial charge is 0.388 e. The fourth-order valence-corrected chi connectivity index (χ4v) is 3.43. The van der Waals surface area contributed by atoms with Crippen molar-refractivity contribution in [3.8, 4) is 0 Å². The van der Waals surface area contributed by atoms with Crippen LogP contribution in [0.3, 0.4) is 0 Å². The van der Waals surface area contributed by atoms with Gasteiger partial charge in [0.05, 0.1) is 12.0 Å². The Kier molecular flexibility index (Phi) is 5.52. The summed E-state index contributed by atoms with van der Waals surface area (Å²) < 4.78 is 0. The van der Waals surface area contributed by atoms with E-state index in [1.165, 1.54) is 6.92 Å². The summed E-state index contributed by atoms with van der Waals surface area (Å²) in [4.78, 5) is 26.5. The lowest BCUT2D eigenvalue weighted by molar-refractivity contribution is -0.127. The molecule has 0 radical (unpaired) electrons. The molecule has 4 heteroatoms. The first-order valence-electron chi connectivity index (χ1n) is 9.18. The molecule has 0 spiro atoms. The molecule has 1 fully saturated rings. The zero-order chi connectivity index (χ0) is 18.7. The van der Waals surface area contributed by atoms with Crippen LogP contribution in [0.25, 0.3) is 0 Å². The number of hydrogen-bond donors (Lipinski definition) is 1. The maximum Gasteiger partial charge on any atom is 0.233 e. The third kappa shape index (κ3) is 3.86. The van der Waals surface area contributed by atoms with E-state index in [1.54, 1.807) is 29.2 Å². The number of ketones is 1. The van der Waals surface area contributed by atoms with Gasteiger partial charge < -0.3 is 10.0 Å². The van der Waals surface area contributed by atoms with Crippen molar-refractivity contribution in [2.75, 3.05) is 11.4 Å². The van der Waals surface area contributed by atoms with Crippen LogP contribution in [0.15, 0.2) is 54.6 Å². The highest BCUT2D eigenvalue weighted by Gasteiger charge is 2.43. The summed E-state index contributed by atoms with van der Waals surface area (Å²) in [6.07, 6.45) is 1.06. The van der Waals surface area contributed by atoms with Crippen LogP contribution < -0.4 is 4.90 Å². The van der Waals surface area contributed by atoms with E-state index in [4.69, 9.17) is 0 Å². The van der Waals surface area contributed by atoms with Gasteiger partial charge in [0, 0.05) is 17.8 Å². The topological polar surface area (TPSA) is 57.6 Å². The Morgan fingerprint density at radius 3 is 2.19 bits per heavy atom. The molecule has 0 heterocycles. The van der Waals surface area contributed by atoms with Gasteiger partial charge in [-0.1, -0.05) is 42.5 Å². The molecule has 4 nitrogen and oxygen atoms in total. The van der Waals surface area contributed by atoms with E-state index in [0.717, 1.165) is 18.5 Å². The number of carbonyl (C=O) groups is 2. The van der Waals surface area contributed by atoms with E-state index >= 15 is 0 Å². The fraction of sp³-hybridized carbons (Fsp3) is 0.364. The number of rotatable bonds is 7. The van der Waals surface area contributed by atoms with E-state index in [9.17, 15) is 14.7 Å². The van der Waals surface area contributed by atoms with Crippen LogP contribution in [0.1, 0.15) is 48.7 Å². The SMILES string of the molecule is CCN(C(=O)[C@H](C1CC1)[C@H](O)c1ccc(C(C)=O)cc1)c1ccccc1. The molecule has 136 valence electrons. The fourth-order valence-electron chi connectivity index (χ4n) is 3.43. The number of hydrogen-bond acceptors (Lipinski definition) is 3. The van der Waals surface area contributed by atoms with Gasteiger partial charge in [-0.2, -0.15) is 0 Å². The Morgan fingerprint density at radius 2 is 1.69 bits per heavy atom. The first-order chi connectivity index (χ1) is 12.5. The molecule has 0 aromatic heterocycles. The highest BCUT2D eigenvalue weighted by molar-refractivity contribution is 5.96. The molecule has 1 N–H and O–H groups in total. The molecule has 3 rings (SSSR count). The average Bonchev–Trinajstić information content (AvgIpc) is 3.48. The number of nitrogens with zero attached hydrogens (tertiary/aromatic N) is 1. The van der Waals surface area contributed by atoms with Gasteiger partial charge in [0.1, 0.15) is 0 Å². The number of carbonyl (C=O) groups excluding carboxylic acids is 2. The molecule has 0 unspecified atom stereocenters. The van der Waals surface area contributed by atoms with Gasteiger partial charge in [-0.3, -0.25) is 9.59 Å². The predicted octanol–water partition coefficient (Wildman–Crippen LogP) is 4.00. The van der Waals surface area contributed by atoms with E-state index in [2.05, 4.69) is 0 Å². The zero-order valence-electron chi connectivity index (χ0n) is 15.3. The van der Waals surface area contributed by atoms with Crippen LogP contribution in [-0.2, 0) is 4.79 Å². The van der Waals surface area contributed by atoms with Crippen molar-refractivity contribution in [1.29, 1.82) is 0 Å². The van der Waals surface area contributed by atoms with Crippen LogP contribution in [0.4, 0.5) is 5.69 Å². The van der Waals surface area contributed by atoms with Gasteiger partial charge in [0.15, 0.2) is 5.78 Å². The monoisotopic (exact) mass is 351 g/mol. The second-order valence-electron chi connectivity index (χ2n) is 6.90. The van der Waals surface area contributed by atoms with Crippen molar-refractivity contribution in [3.05, 3.63) is 65.7 Å². The Morgan fingerprint density at radius 1 is 1.08 bits per heavy atom. The number of anilines is 1. The summed E-state index contributed by atoms with van der Waals surface area (Å²) >= 11 is 0. The van der Waals surface area contributed by atoms with Crippen molar-refractivity contribution in [1.82, 2.24) is 0 Å². The summed E-state index contributed by atoms with van der Waals surface area (Å²) in [7, 11) is 0. The zero-order valence-corrected chi connectivity index (χ0v) is 15.3. The summed E-state index contributed by atoms with van der Waals surface area (Å²) in [6, 6.07) is 16.5. The van der Waals surface area contributed by atoms with Crippen LogP contribution in [0, 0.1) is 11.8 Å². The van der Waals surface area contributed by atoms with Gasteiger partial charge >= 0.3 is 0 Å². The molecule has 2 aromatic carbocycles. The minimum absolute atomic E-state index is 0.0119. The lowest BCUT2D eigenvalue weighted by Gasteiger charge is -2.29. The first kappa shape index (κ1) is 18.3. The van der Waals surface area contributed by atoms with Gasteiger partial charge in [-0.05, 0) is 50.3 Å². The summed E-state index contributed by atoms with van der Waals surface area (Å²) in [5.41, 5.74) is 2.14. The normalized spacial score (nSPS) is 16.0. The second kappa shape index (κ2) is 7.83. The average molecular weight is 351 g/mol. The maximum absolute atomic E-state index is 13.3. The van der Waals surface area contributed by atoms with Crippen molar-refractivity contribution >= 4 is 17.4 Å². The summed E-state index contributed by atoms with van der Waals surface area (Å²) in [5, 5.41) is 10.9. The number of Topliss-reactive ketones (excluding diaryl/α,β-unsaturated/α-hetero) is 1. The summed E-state index contributed by atoms with van der Waals surface area (Å²) in [6.45, 7) is 4.02. The predicted molar refractivity (Wildman–Crippen MR) is 102 cm³/mol. The Hall–Kier alpha value is -2.46. The molecule has 0 bridgehead atoms. The number of benzene rings is 2. The molecular formula is C22H25NO3. The van der Waals surface area contributed by atoms with Crippen LogP contribution >= 0.6 is 0 Å². The molecule has 0 aliphatic heterocycles. The lowest BCUT2D eigenvalue weighted by Crippen LogP contribution is -2.39. The molecule has 1 saturated carbocycles. The third-order valence-electron chi connectivity index (χ3n) is 5.06. The highest BCUT2D eigenvalue weighted by Crippen LogP contribution is 2.44. The standard InChI is InChI=1S/C22H25NO3/c1-3-23(19-7-5-4-6-8-19)22(26)20(17-11-12-17)21(25)18-13-9-16(10-14-18)15(2)24/h4-10,13-14,17,20-21,25H,3,11-12H2,1-2H3/t20-,21-/m1/s1. The van der Waals surface area contributed by atoms with Gasteiger partial charge in [0.2, 0.25) is 5.91 Å². The van der Waals surface area contributed by atoms with Gasteiger partial charge in [0.25, 0.3) is 0 Å². The molecule has 1 amide bonds. The van der Waals surface area contributed by atoms with Crippen molar-refractivity contribution in [2.24, 2.45) is 11.8 Å². The van der Waals surface area contributed by atoms with E-state index in [0.29, 0.717) is 17.7 Å². The van der Waals surface area contributed by atoms with Crippen LogP contribution in [0.5, 0.6) is 0 Å². The van der Waals surface area contributed by atoms with Crippen molar-refractivity contribution in [3.63, 3.8) is 0 Å². The smallest absolute Gasteiger partial charge is 0.233 e. The van der Waals surface area contributed by atoms with Gasteiger partial charge in [-0.15, -0.1) is 0 Å². The van der Waals surface area contributed by atoms with Crippen LogP contribution in [0.2, 0.25) is 0 Å². The summed E-state index contributed by atoms with van der Waals surface area (Å²) in [5.74, 6) is -0.299. The Labute approximate surface area is 154 Å². The molecule has 2 aromatic rings. The van der Waals surface area contributed by atoms with Crippen LogP contribution in [-0.4, -0.2) is 23.3 Å². The van der Waals surface area contributed by atoms with Crippen molar-refractivity contribution < 1.29 is 14.7 Å². The number of aliphatic hydroxyl groups is 1. The molecule has 0 saturated heterocycles. The van der Waals surface area contributed by atoms with E-state index < -0.39 is 12.0 Å². The number of aliphatic hydroxyl groups excluding tert-OH is 1. The Bertz CT molecular complexity index is 766. The first-order valence-corrected chi connectivity index (χ1v) is 9.18. The maximum atomic E-state index is 13.3. The highest BCUT2D eigenvalue weighted by atomic mass is 16.3. The molecular weight excluding hydrogens is 326 g/mol. The second-order valence-corrected chi connectivity index (χ2v) is 6.90. The van der Waals surface area contributed by atoms with E-state index in [-0.39, 0.29) is 17.6 Å². The van der Waals surface area contributed by atoms with Crippen molar-refractivity contribution in [2.45, 2.75) is 32.8 Å². The molecule has 2 atom stereocenters. The minimum atomic E-state index is -0.867. The molecule has 1 aliphatic rings. The number of para-hydroxylation sites is 1. The lowest BCUT2D eigenvalue weighted by atomic mass is 9.89. The quantitative estimate of drug-likeness (QED) is 0.767. The number of amides is 1. The van der Waals surface area contributed by atoms with Gasteiger partial charge in [-0.25, -0.2) is 0 Å². The third-order valence-corrected chi connectivity index (χ3v) is 5.06. The molecule has 26 heavy (non-hydrogen) atoms. The Balaban J connectivity index is 1.86. The molecule has 1 aliphatic carbocycles. The van der Waals surface area contributed by atoms with E-state index in [1.807, 2.05) is 37.3 Å².